The highest BCUT2D eigenvalue weighted by molar-refractivity contribution is 6.12. The highest BCUT2D eigenvalue weighted by Gasteiger charge is 2.16. The highest BCUT2D eigenvalue weighted by atomic mass is 16.5. The largest absolute Gasteiger partial charge is 0.507 e. The molecule has 2 aromatic rings. The lowest BCUT2D eigenvalue weighted by Crippen LogP contribution is -2.02. The third-order valence-electron chi connectivity index (χ3n) is 2.48. The Bertz CT molecular complexity index is 680. The van der Waals surface area contributed by atoms with Crippen molar-refractivity contribution in [2.75, 3.05) is 7.04 Å². The molecule has 0 aromatic heterocycles. The number of hydrogen-bond acceptors (Lipinski definition) is 4. The van der Waals surface area contributed by atoms with E-state index in [1.807, 2.05) is 0 Å². The van der Waals surface area contributed by atoms with Gasteiger partial charge in [0, 0.05) is 6.07 Å². The molecule has 2 rings (SSSR count). The summed E-state index contributed by atoms with van der Waals surface area (Å²) >= 11 is 0. The number of aromatic hydroxyl groups is 2. The van der Waals surface area contributed by atoms with Crippen molar-refractivity contribution in [3.05, 3.63) is 53.6 Å². The third kappa shape index (κ3) is 2.13. The van der Waals surface area contributed by atoms with E-state index < -0.39 is 18.6 Å². The topological polar surface area (TPSA) is 66.8 Å². The Kier molecular flexibility index (Phi) is 2.28. The summed E-state index contributed by atoms with van der Waals surface area (Å²) in [6, 6.07) is 9.47. The summed E-state index contributed by atoms with van der Waals surface area (Å²) in [4.78, 5) is 12.2. The fourth-order valence-electron chi connectivity index (χ4n) is 1.58. The third-order valence-corrected chi connectivity index (χ3v) is 2.48. The van der Waals surface area contributed by atoms with Crippen molar-refractivity contribution < 1.29 is 23.9 Å². The van der Waals surface area contributed by atoms with Gasteiger partial charge in [0.15, 0.2) is 5.78 Å². The number of phenols is 2. The molecule has 18 heavy (non-hydrogen) atoms. The molecule has 0 amide bonds. The molecule has 0 fully saturated rings. The lowest BCUT2D eigenvalue weighted by Gasteiger charge is -2.07. The van der Waals surface area contributed by atoms with Gasteiger partial charge in [0.25, 0.3) is 0 Å². The van der Waals surface area contributed by atoms with Crippen molar-refractivity contribution in [3.8, 4) is 17.2 Å². The summed E-state index contributed by atoms with van der Waals surface area (Å²) in [7, 11) is -2.64. The van der Waals surface area contributed by atoms with Crippen LogP contribution < -0.4 is 4.74 Å². The number of phenolic OH excluding ortho intramolecular Hbond substituents is 2. The zero-order valence-corrected chi connectivity index (χ0v) is 9.25. The number of para-hydroxylation sites is 1. The number of carbonyl (C=O) groups excluding carboxylic acids is 1. The van der Waals surface area contributed by atoms with Crippen molar-refractivity contribution in [1.29, 1.82) is 0 Å². The zero-order valence-electron chi connectivity index (χ0n) is 12.3. The number of benzene rings is 2. The molecular weight excluding hydrogens is 232 g/mol. The van der Waals surface area contributed by atoms with Gasteiger partial charge in [-0.25, -0.2) is 0 Å². The minimum atomic E-state index is -2.64. The summed E-state index contributed by atoms with van der Waals surface area (Å²) in [5.74, 6) is -1.29. The minimum Gasteiger partial charge on any atom is -0.507 e. The van der Waals surface area contributed by atoms with Gasteiger partial charge in [0.1, 0.15) is 17.2 Å². The Labute approximate surface area is 108 Å². The number of hydrogen-bond donors (Lipinski definition) is 2. The van der Waals surface area contributed by atoms with E-state index >= 15 is 0 Å². The summed E-state index contributed by atoms with van der Waals surface area (Å²) < 4.78 is 25.5. The van der Waals surface area contributed by atoms with Crippen molar-refractivity contribution in [1.82, 2.24) is 0 Å². The Morgan fingerprint density at radius 3 is 2.50 bits per heavy atom. The monoisotopic (exact) mass is 247 g/mol. The second kappa shape index (κ2) is 4.79. The Hall–Kier alpha value is -2.49. The fraction of sp³-hybridized carbons (Fsp3) is 0.0714. The van der Waals surface area contributed by atoms with Crippen LogP contribution in [0.3, 0.4) is 0 Å². The number of carbonyl (C=O) groups is 1. The van der Waals surface area contributed by atoms with Crippen molar-refractivity contribution in [2.45, 2.75) is 0 Å². The molecule has 0 radical (unpaired) electrons. The molecule has 4 heteroatoms. The standard InChI is InChI=1S/C14H12O4/c1-18-9-6-7-11(13(16)8-9)14(17)10-4-2-3-5-12(10)15/h2-8,15-16H,1H3/i1D3. The molecule has 0 spiro atoms. The van der Waals surface area contributed by atoms with Crippen molar-refractivity contribution in [2.24, 2.45) is 0 Å². The van der Waals surface area contributed by atoms with Crippen LogP contribution in [0.1, 0.15) is 20.0 Å². The van der Waals surface area contributed by atoms with E-state index in [9.17, 15) is 15.0 Å². The van der Waals surface area contributed by atoms with Gasteiger partial charge in [-0.2, -0.15) is 0 Å². The number of methoxy groups -OCH3 is 1. The first kappa shape index (κ1) is 8.58. The molecule has 0 aliphatic heterocycles. The van der Waals surface area contributed by atoms with Gasteiger partial charge >= 0.3 is 0 Å². The maximum atomic E-state index is 12.2. The highest BCUT2D eigenvalue weighted by Crippen LogP contribution is 2.28. The first-order valence-corrected chi connectivity index (χ1v) is 5.12. The summed E-state index contributed by atoms with van der Waals surface area (Å²) in [5.41, 5.74) is -0.0216. The minimum absolute atomic E-state index is 0.0392. The predicted octanol–water partition coefficient (Wildman–Crippen LogP) is 2.34. The molecule has 0 heterocycles. The van der Waals surface area contributed by atoms with E-state index in [4.69, 9.17) is 4.11 Å². The van der Waals surface area contributed by atoms with Gasteiger partial charge in [0.05, 0.1) is 22.3 Å². The molecule has 4 nitrogen and oxygen atoms in total. The number of ketones is 1. The first-order valence-electron chi connectivity index (χ1n) is 6.62. The Morgan fingerprint density at radius 2 is 1.83 bits per heavy atom. The molecule has 0 bridgehead atoms. The average molecular weight is 247 g/mol. The molecule has 0 aliphatic carbocycles. The van der Waals surface area contributed by atoms with Crippen LogP contribution in [0.25, 0.3) is 0 Å². The van der Waals surface area contributed by atoms with Gasteiger partial charge in [-0.3, -0.25) is 4.79 Å². The summed E-state index contributed by atoms with van der Waals surface area (Å²) in [6.45, 7) is 0. The van der Waals surface area contributed by atoms with Gasteiger partial charge < -0.3 is 14.9 Å². The second-order valence-corrected chi connectivity index (χ2v) is 3.63. The molecule has 0 unspecified atom stereocenters. The average Bonchev–Trinajstić information content (AvgIpc) is 2.37. The predicted molar refractivity (Wildman–Crippen MR) is 66.2 cm³/mol. The van der Waals surface area contributed by atoms with E-state index in [2.05, 4.69) is 4.74 Å². The Balaban J connectivity index is 2.34. The molecule has 0 saturated heterocycles. The second-order valence-electron chi connectivity index (χ2n) is 3.63. The molecular formula is C14H12O4. The zero-order chi connectivity index (χ0) is 15.6. The van der Waals surface area contributed by atoms with E-state index in [0.29, 0.717) is 0 Å². The molecule has 92 valence electrons. The smallest absolute Gasteiger partial charge is 0.200 e. The summed E-state index contributed by atoms with van der Waals surface area (Å²) in [6.07, 6.45) is 0. The van der Waals surface area contributed by atoms with Gasteiger partial charge in [-0.05, 0) is 24.3 Å². The van der Waals surface area contributed by atoms with Crippen LogP contribution in [0.4, 0.5) is 0 Å². The lowest BCUT2D eigenvalue weighted by atomic mass is 10.0. The van der Waals surface area contributed by atoms with Crippen LogP contribution in [-0.4, -0.2) is 23.0 Å². The maximum absolute atomic E-state index is 12.2. The molecule has 0 aliphatic rings. The van der Waals surface area contributed by atoms with Crippen LogP contribution in [0, 0.1) is 0 Å². The van der Waals surface area contributed by atoms with Crippen LogP contribution in [-0.2, 0) is 0 Å². The molecule has 2 N–H and O–H groups in total. The number of rotatable bonds is 3. The van der Waals surface area contributed by atoms with E-state index in [-0.39, 0.29) is 22.6 Å². The van der Waals surface area contributed by atoms with Gasteiger partial charge in [0.2, 0.25) is 0 Å². The van der Waals surface area contributed by atoms with Crippen LogP contribution in [0.15, 0.2) is 42.5 Å². The van der Waals surface area contributed by atoms with Gasteiger partial charge in [-0.15, -0.1) is 0 Å². The Morgan fingerprint density at radius 1 is 1.11 bits per heavy atom. The molecule has 0 atom stereocenters. The normalized spacial score (nSPS) is 13.2. The fourth-order valence-corrected chi connectivity index (χ4v) is 1.58. The van der Waals surface area contributed by atoms with Gasteiger partial charge in [-0.1, -0.05) is 12.1 Å². The maximum Gasteiger partial charge on any atom is 0.200 e. The molecule has 2 aromatic carbocycles. The van der Waals surface area contributed by atoms with E-state index in [1.54, 1.807) is 12.1 Å². The van der Waals surface area contributed by atoms with Crippen LogP contribution in [0.2, 0.25) is 0 Å². The quantitative estimate of drug-likeness (QED) is 0.817. The van der Waals surface area contributed by atoms with Crippen molar-refractivity contribution in [3.63, 3.8) is 0 Å². The number of ether oxygens (including phenoxy) is 1. The van der Waals surface area contributed by atoms with Crippen LogP contribution >= 0.6 is 0 Å². The lowest BCUT2D eigenvalue weighted by molar-refractivity contribution is 0.103. The first-order chi connectivity index (χ1) is 9.78. The SMILES string of the molecule is [2H]C([2H])([2H])Oc1ccc(C(=O)c2ccccc2O)c(O)c1. The van der Waals surface area contributed by atoms with E-state index in [0.717, 1.165) is 6.07 Å². The van der Waals surface area contributed by atoms with E-state index in [1.165, 1.54) is 24.3 Å². The molecule has 0 saturated carbocycles. The van der Waals surface area contributed by atoms with Crippen molar-refractivity contribution >= 4 is 5.78 Å². The van der Waals surface area contributed by atoms with Crippen LogP contribution in [0.5, 0.6) is 17.2 Å². The summed E-state index contributed by atoms with van der Waals surface area (Å²) in [5, 5.41) is 19.5.